The van der Waals surface area contributed by atoms with Crippen LogP contribution in [0.25, 0.3) is 0 Å². The van der Waals surface area contributed by atoms with Gasteiger partial charge in [0.15, 0.2) is 0 Å². The third-order valence-electron chi connectivity index (χ3n) is 4.11. The SMILES string of the molecule is Cn1cc(CN(CCS(=O)(=O)N2CCCC2)C(=O)CCC(=O)O)cn1. The van der Waals surface area contributed by atoms with Gasteiger partial charge >= 0.3 is 5.97 Å². The molecule has 10 heteroatoms. The van der Waals surface area contributed by atoms with Crippen LogP contribution in [-0.4, -0.2) is 69.8 Å². The zero-order valence-electron chi connectivity index (χ0n) is 14.3. The number of sulfonamides is 1. The summed E-state index contributed by atoms with van der Waals surface area (Å²) in [7, 11) is -1.66. The fourth-order valence-corrected chi connectivity index (χ4v) is 4.28. The normalized spacial score (nSPS) is 15.4. The highest BCUT2D eigenvalue weighted by Crippen LogP contribution is 2.14. The summed E-state index contributed by atoms with van der Waals surface area (Å²) in [4.78, 5) is 24.4. The Bertz CT molecular complexity index is 709. The Kier molecular flexibility index (Phi) is 6.54. The number of hydrogen-bond acceptors (Lipinski definition) is 5. The number of amides is 1. The van der Waals surface area contributed by atoms with Crippen LogP contribution in [0.2, 0.25) is 0 Å². The van der Waals surface area contributed by atoms with E-state index in [1.165, 1.54) is 9.21 Å². The molecule has 1 amide bonds. The van der Waals surface area contributed by atoms with E-state index < -0.39 is 16.0 Å². The topological polar surface area (TPSA) is 113 Å². The van der Waals surface area contributed by atoms with Crippen molar-refractivity contribution in [1.29, 1.82) is 0 Å². The van der Waals surface area contributed by atoms with E-state index >= 15 is 0 Å². The Morgan fingerprint density at radius 3 is 2.52 bits per heavy atom. The average molecular weight is 372 g/mol. The van der Waals surface area contributed by atoms with Crippen molar-refractivity contribution >= 4 is 21.9 Å². The number of aliphatic carboxylic acids is 1. The standard InChI is InChI=1S/C15H24N4O5S/c1-17-11-13(10-16-17)12-18(14(20)4-5-15(21)22)8-9-25(23,24)19-6-2-3-7-19/h10-11H,2-9,12H2,1H3,(H,21,22). The number of nitrogens with zero attached hydrogens (tertiary/aromatic N) is 4. The van der Waals surface area contributed by atoms with Crippen molar-refractivity contribution in [2.45, 2.75) is 32.2 Å². The lowest BCUT2D eigenvalue weighted by Gasteiger charge is -2.23. The van der Waals surface area contributed by atoms with E-state index in [1.54, 1.807) is 24.1 Å². The van der Waals surface area contributed by atoms with Gasteiger partial charge in [0.1, 0.15) is 0 Å². The minimum Gasteiger partial charge on any atom is -0.481 e. The van der Waals surface area contributed by atoms with Crippen LogP contribution in [0, 0.1) is 0 Å². The lowest BCUT2D eigenvalue weighted by molar-refractivity contribution is -0.141. The van der Waals surface area contributed by atoms with Gasteiger partial charge in [0.25, 0.3) is 0 Å². The molecule has 0 aliphatic carbocycles. The predicted octanol–water partition coefficient (Wildman–Crippen LogP) is 0.0391. The van der Waals surface area contributed by atoms with Gasteiger partial charge in [-0.2, -0.15) is 5.10 Å². The molecule has 1 aromatic rings. The summed E-state index contributed by atoms with van der Waals surface area (Å²) >= 11 is 0. The lowest BCUT2D eigenvalue weighted by atomic mass is 10.2. The first kappa shape index (κ1) is 19.4. The molecule has 0 radical (unpaired) electrons. The maximum Gasteiger partial charge on any atom is 0.303 e. The van der Waals surface area contributed by atoms with Crippen LogP contribution in [0.1, 0.15) is 31.2 Å². The Balaban J connectivity index is 2.02. The maximum absolute atomic E-state index is 12.4. The monoisotopic (exact) mass is 372 g/mol. The summed E-state index contributed by atoms with van der Waals surface area (Å²) in [6.07, 6.45) is 4.63. The fraction of sp³-hybridized carbons (Fsp3) is 0.667. The molecule has 1 fully saturated rings. The van der Waals surface area contributed by atoms with Gasteiger partial charge in [-0.05, 0) is 12.8 Å². The van der Waals surface area contributed by atoms with Crippen molar-refractivity contribution in [1.82, 2.24) is 19.0 Å². The van der Waals surface area contributed by atoms with Gasteiger partial charge in [0.05, 0.1) is 18.4 Å². The highest BCUT2D eigenvalue weighted by Gasteiger charge is 2.27. The molecule has 2 heterocycles. The lowest BCUT2D eigenvalue weighted by Crippen LogP contribution is -2.39. The predicted molar refractivity (Wildman–Crippen MR) is 90.1 cm³/mol. The van der Waals surface area contributed by atoms with Crippen molar-refractivity contribution in [3.8, 4) is 0 Å². The Labute approximate surface area is 147 Å². The van der Waals surface area contributed by atoms with Gasteiger partial charge in [0, 0.05) is 51.4 Å². The van der Waals surface area contributed by atoms with E-state index in [2.05, 4.69) is 5.10 Å². The summed E-state index contributed by atoms with van der Waals surface area (Å²) in [5, 5.41) is 12.8. The molecule has 2 rings (SSSR count). The zero-order valence-corrected chi connectivity index (χ0v) is 15.1. The number of carboxylic acids is 1. The first-order valence-electron chi connectivity index (χ1n) is 8.23. The second-order valence-electron chi connectivity index (χ2n) is 6.15. The van der Waals surface area contributed by atoms with E-state index in [4.69, 9.17) is 5.11 Å². The summed E-state index contributed by atoms with van der Waals surface area (Å²) in [5.74, 6) is -1.59. The van der Waals surface area contributed by atoms with Gasteiger partial charge in [-0.15, -0.1) is 0 Å². The van der Waals surface area contributed by atoms with Crippen LogP contribution in [-0.2, 0) is 33.2 Å². The number of carboxylic acid groups (broad SMARTS) is 1. The smallest absolute Gasteiger partial charge is 0.303 e. The molecule has 1 aliphatic rings. The third kappa shape index (κ3) is 5.82. The molecule has 9 nitrogen and oxygen atoms in total. The molecule has 0 spiro atoms. The average Bonchev–Trinajstić information content (AvgIpc) is 3.21. The zero-order chi connectivity index (χ0) is 18.4. The van der Waals surface area contributed by atoms with Crippen LogP contribution in [0.5, 0.6) is 0 Å². The van der Waals surface area contributed by atoms with Crippen LogP contribution in [0.15, 0.2) is 12.4 Å². The fourth-order valence-electron chi connectivity index (χ4n) is 2.76. The molecule has 1 N–H and O–H groups in total. The molecule has 0 bridgehead atoms. The van der Waals surface area contributed by atoms with Crippen LogP contribution >= 0.6 is 0 Å². The highest BCUT2D eigenvalue weighted by molar-refractivity contribution is 7.89. The Morgan fingerprint density at radius 1 is 1.28 bits per heavy atom. The second-order valence-corrected chi connectivity index (χ2v) is 8.24. The van der Waals surface area contributed by atoms with E-state index in [9.17, 15) is 18.0 Å². The van der Waals surface area contributed by atoms with Gasteiger partial charge in [-0.1, -0.05) is 0 Å². The Hall–Kier alpha value is -1.94. The molecule has 0 saturated carbocycles. The van der Waals surface area contributed by atoms with Gasteiger partial charge in [0.2, 0.25) is 15.9 Å². The largest absolute Gasteiger partial charge is 0.481 e. The van der Waals surface area contributed by atoms with Crippen molar-refractivity contribution in [3.05, 3.63) is 18.0 Å². The number of aromatic nitrogens is 2. The number of aryl methyl sites for hydroxylation is 1. The molecule has 0 aromatic carbocycles. The van der Waals surface area contributed by atoms with Crippen molar-refractivity contribution in [2.24, 2.45) is 7.05 Å². The summed E-state index contributed by atoms with van der Waals surface area (Å²) < 4.78 is 27.8. The van der Waals surface area contributed by atoms with Crippen molar-refractivity contribution < 1.29 is 23.1 Å². The summed E-state index contributed by atoms with van der Waals surface area (Å²) in [6, 6.07) is 0. The number of carbonyl (C=O) groups is 2. The first-order chi connectivity index (χ1) is 11.8. The van der Waals surface area contributed by atoms with E-state index in [0.29, 0.717) is 13.1 Å². The van der Waals surface area contributed by atoms with Gasteiger partial charge in [-0.3, -0.25) is 14.3 Å². The molecular weight excluding hydrogens is 348 g/mol. The van der Waals surface area contributed by atoms with Crippen LogP contribution < -0.4 is 0 Å². The van der Waals surface area contributed by atoms with Crippen LogP contribution in [0.3, 0.4) is 0 Å². The van der Waals surface area contributed by atoms with E-state index in [-0.39, 0.29) is 37.6 Å². The molecule has 25 heavy (non-hydrogen) atoms. The second kappa shape index (κ2) is 8.43. The molecule has 1 saturated heterocycles. The molecule has 1 aromatic heterocycles. The molecule has 0 atom stereocenters. The highest BCUT2D eigenvalue weighted by atomic mass is 32.2. The number of carbonyl (C=O) groups excluding carboxylic acids is 1. The Morgan fingerprint density at radius 2 is 1.96 bits per heavy atom. The van der Waals surface area contributed by atoms with Crippen molar-refractivity contribution in [3.63, 3.8) is 0 Å². The summed E-state index contributed by atoms with van der Waals surface area (Å²) in [6.45, 7) is 1.30. The minimum atomic E-state index is -3.40. The number of hydrogen-bond donors (Lipinski definition) is 1. The molecule has 0 unspecified atom stereocenters. The molecule has 140 valence electrons. The van der Waals surface area contributed by atoms with Crippen LogP contribution in [0.4, 0.5) is 0 Å². The number of rotatable bonds is 9. The summed E-state index contributed by atoms with van der Waals surface area (Å²) in [5.41, 5.74) is 0.768. The molecule has 1 aliphatic heterocycles. The first-order valence-corrected chi connectivity index (χ1v) is 9.84. The van der Waals surface area contributed by atoms with Gasteiger partial charge in [-0.25, -0.2) is 12.7 Å². The van der Waals surface area contributed by atoms with Gasteiger partial charge < -0.3 is 10.0 Å². The maximum atomic E-state index is 12.4. The van der Waals surface area contributed by atoms with Crippen molar-refractivity contribution in [2.75, 3.05) is 25.4 Å². The quantitative estimate of drug-likeness (QED) is 0.655. The minimum absolute atomic E-state index is 0.0339. The molecular formula is C15H24N4O5S. The van der Waals surface area contributed by atoms with E-state index in [0.717, 1.165) is 18.4 Å². The van der Waals surface area contributed by atoms with E-state index in [1.807, 2.05) is 0 Å². The third-order valence-corrected chi connectivity index (χ3v) is 5.97.